The van der Waals surface area contributed by atoms with Crippen molar-refractivity contribution in [3.63, 3.8) is 0 Å². The fourth-order valence-electron chi connectivity index (χ4n) is 4.67. The first-order valence-electron chi connectivity index (χ1n) is 10.7. The van der Waals surface area contributed by atoms with E-state index in [9.17, 15) is 13.6 Å². The van der Waals surface area contributed by atoms with Crippen LogP contribution in [0.25, 0.3) is 11.3 Å². The zero-order valence-electron chi connectivity index (χ0n) is 17.9. The number of aromatic nitrogens is 3. The number of hydrogen-bond donors (Lipinski definition) is 1. The predicted octanol–water partition coefficient (Wildman–Crippen LogP) is 4.55. The minimum Gasteiger partial charge on any atom is -0.336 e. The van der Waals surface area contributed by atoms with Gasteiger partial charge in [0.25, 0.3) is 0 Å². The summed E-state index contributed by atoms with van der Waals surface area (Å²) in [5, 5.41) is 11.5. The number of anilines is 1. The molecule has 0 bridgehead atoms. The topological polar surface area (TPSA) is 71.0 Å². The number of nitrogens with one attached hydrogen (secondary N) is 1. The Hall–Kier alpha value is -3.42. The first-order valence-corrected chi connectivity index (χ1v) is 10.7. The zero-order valence-corrected chi connectivity index (χ0v) is 17.9. The van der Waals surface area contributed by atoms with Crippen LogP contribution in [0.1, 0.15) is 49.6 Å². The van der Waals surface area contributed by atoms with Crippen LogP contribution in [0.4, 0.5) is 19.4 Å². The van der Waals surface area contributed by atoms with Gasteiger partial charge in [0.15, 0.2) is 0 Å². The van der Waals surface area contributed by atoms with Gasteiger partial charge < -0.3 is 5.32 Å². The van der Waals surface area contributed by atoms with E-state index in [1.807, 2.05) is 18.2 Å². The van der Waals surface area contributed by atoms with E-state index in [0.717, 1.165) is 29.8 Å². The second-order valence-corrected chi connectivity index (χ2v) is 8.67. The van der Waals surface area contributed by atoms with Gasteiger partial charge in [-0.3, -0.25) is 4.90 Å². The number of urea groups is 1. The monoisotopic (exact) mass is 435 g/mol. The molecule has 1 N–H and O–H groups in total. The summed E-state index contributed by atoms with van der Waals surface area (Å²) in [5.41, 5.74) is 1.95. The highest BCUT2D eigenvalue weighted by Gasteiger charge is 2.40. The molecule has 3 heterocycles. The molecule has 0 unspecified atom stereocenters. The lowest BCUT2D eigenvalue weighted by molar-refractivity contribution is 0.252. The van der Waals surface area contributed by atoms with E-state index in [2.05, 4.69) is 29.4 Å². The number of amides is 2. The van der Waals surface area contributed by atoms with Gasteiger partial charge in [-0.2, -0.15) is 5.10 Å². The maximum atomic E-state index is 14.4. The van der Waals surface area contributed by atoms with Crippen LogP contribution in [0, 0.1) is 11.6 Å². The van der Waals surface area contributed by atoms with Gasteiger partial charge in [-0.15, -0.1) is 5.10 Å². The number of carbonyl (C=O) groups excluding carboxylic acids is 1. The number of hydrogen-bond acceptors (Lipinski definition) is 4. The van der Waals surface area contributed by atoms with Gasteiger partial charge in [-0.25, -0.2) is 18.6 Å². The van der Waals surface area contributed by atoms with Gasteiger partial charge in [-0.05, 0) is 61.6 Å². The van der Waals surface area contributed by atoms with Crippen LogP contribution in [0.2, 0.25) is 0 Å². The zero-order chi connectivity index (χ0) is 22.5. The standard InChI is InChI=1S/C24H23F2N5O/c1-14-9-10-24(2,19-7-4-8-20(28-19)31-12-11-27-23(31)32)22-15(14)13-18(29-30-22)21-16(25)5-3-6-17(21)26/h3-8,13-14H,9-12H2,1-2H3,(H,27,32)/t14-,24+/m1/s1. The Kier molecular flexibility index (Phi) is 4.87. The van der Waals surface area contributed by atoms with Gasteiger partial charge in [0, 0.05) is 13.1 Å². The number of rotatable bonds is 3. The largest absolute Gasteiger partial charge is 0.336 e. The molecule has 6 nitrogen and oxygen atoms in total. The van der Waals surface area contributed by atoms with Crippen molar-refractivity contribution < 1.29 is 13.6 Å². The van der Waals surface area contributed by atoms with Crippen LogP contribution in [-0.4, -0.2) is 34.3 Å². The Bertz CT molecular complexity index is 1200. The molecule has 1 aromatic carbocycles. The Labute approximate surface area is 184 Å². The number of carbonyl (C=O) groups is 1. The number of halogens is 2. The Balaban J connectivity index is 1.60. The normalized spacial score (nSPS) is 22.6. The molecule has 5 rings (SSSR count). The summed E-state index contributed by atoms with van der Waals surface area (Å²) < 4.78 is 28.7. The van der Waals surface area contributed by atoms with Gasteiger partial charge in [0.05, 0.1) is 28.1 Å². The minimum atomic E-state index is -0.663. The number of fused-ring (bicyclic) bond motifs is 1. The van der Waals surface area contributed by atoms with Crippen molar-refractivity contribution in [2.75, 3.05) is 18.0 Å². The van der Waals surface area contributed by atoms with Crippen LogP contribution in [0.15, 0.2) is 42.5 Å². The lowest BCUT2D eigenvalue weighted by Gasteiger charge is -2.37. The lowest BCUT2D eigenvalue weighted by Crippen LogP contribution is -2.34. The first-order chi connectivity index (χ1) is 15.4. The summed E-state index contributed by atoms with van der Waals surface area (Å²) in [5.74, 6) is -0.570. The Morgan fingerprint density at radius 1 is 1.12 bits per heavy atom. The van der Waals surface area contributed by atoms with Gasteiger partial charge in [0.2, 0.25) is 0 Å². The first kappa shape index (κ1) is 20.5. The fourth-order valence-corrected chi connectivity index (χ4v) is 4.67. The van der Waals surface area contributed by atoms with E-state index >= 15 is 0 Å². The van der Waals surface area contributed by atoms with Crippen molar-refractivity contribution in [3.05, 3.63) is 71.1 Å². The second-order valence-electron chi connectivity index (χ2n) is 8.67. The average Bonchev–Trinajstić information content (AvgIpc) is 3.22. The van der Waals surface area contributed by atoms with E-state index in [1.54, 1.807) is 11.0 Å². The summed E-state index contributed by atoms with van der Waals surface area (Å²) in [6, 6.07) is 11.0. The highest BCUT2D eigenvalue weighted by Crippen LogP contribution is 2.46. The van der Waals surface area contributed by atoms with Gasteiger partial charge in [0.1, 0.15) is 17.5 Å². The van der Waals surface area contributed by atoms with Gasteiger partial charge >= 0.3 is 6.03 Å². The van der Waals surface area contributed by atoms with E-state index < -0.39 is 17.0 Å². The smallest absolute Gasteiger partial charge is 0.323 e. The summed E-state index contributed by atoms with van der Waals surface area (Å²) in [7, 11) is 0. The Morgan fingerprint density at radius 2 is 1.88 bits per heavy atom. The third-order valence-electron chi connectivity index (χ3n) is 6.61. The third kappa shape index (κ3) is 3.21. The van der Waals surface area contributed by atoms with Crippen LogP contribution in [0.3, 0.4) is 0 Å². The highest BCUT2D eigenvalue weighted by molar-refractivity contribution is 5.93. The summed E-state index contributed by atoms with van der Waals surface area (Å²) in [6.07, 6.45) is 1.66. The molecule has 32 heavy (non-hydrogen) atoms. The molecule has 164 valence electrons. The van der Waals surface area contributed by atoms with Crippen molar-refractivity contribution in [1.82, 2.24) is 20.5 Å². The SMILES string of the molecule is C[C@@H]1CC[C@@](C)(c2cccc(N3CCNC3=O)n2)c2nnc(-c3c(F)cccc3F)cc21. The fraction of sp³-hybridized carbons (Fsp3) is 0.333. The predicted molar refractivity (Wildman–Crippen MR) is 116 cm³/mol. The van der Waals surface area contributed by atoms with E-state index in [4.69, 9.17) is 4.98 Å². The number of nitrogens with zero attached hydrogens (tertiary/aromatic N) is 4. The van der Waals surface area contributed by atoms with Crippen molar-refractivity contribution in [1.29, 1.82) is 0 Å². The molecule has 1 aliphatic heterocycles. The average molecular weight is 435 g/mol. The molecule has 1 fully saturated rings. The molecule has 2 amide bonds. The molecule has 2 aliphatic rings. The van der Waals surface area contributed by atoms with Gasteiger partial charge in [-0.1, -0.05) is 19.1 Å². The highest BCUT2D eigenvalue weighted by atomic mass is 19.1. The van der Waals surface area contributed by atoms with E-state index in [1.165, 1.54) is 18.2 Å². The van der Waals surface area contributed by atoms with Crippen molar-refractivity contribution in [3.8, 4) is 11.3 Å². The van der Waals surface area contributed by atoms with Crippen molar-refractivity contribution in [2.24, 2.45) is 0 Å². The van der Waals surface area contributed by atoms with Crippen LogP contribution in [-0.2, 0) is 5.41 Å². The molecule has 3 aromatic rings. The molecule has 8 heteroatoms. The molecule has 0 radical (unpaired) electrons. The van der Waals surface area contributed by atoms with E-state index in [-0.39, 0.29) is 23.2 Å². The van der Waals surface area contributed by atoms with Crippen molar-refractivity contribution >= 4 is 11.8 Å². The molecule has 2 aromatic heterocycles. The number of benzene rings is 1. The quantitative estimate of drug-likeness (QED) is 0.655. The molecule has 1 aliphatic carbocycles. The minimum absolute atomic E-state index is 0.159. The summed E-state index contributed by atoms with van der Waals surface area (Å²) in [4.78, 5) is 18.5. The molecule has 0 saturated carbocycles. The van der Waals surface area contributed by atoms with Crippen LogP contribution in [0.5, 0.6) is 0 Å². The lowest BCUT2D eigenvalue weighted by atomic mass is 9.69. The Morgan fingerprint density at radius 3 is 2.59 bits per heavy atom. The maximum Gasteiger partial charge on any atom is 0.323 e. The summed E-state index contributed by atoms with van der Waals surface area (Å²) in [6.45, 7) is 5.30. The number of pyridine rings is 1. The molecule has 0 spiro atoms. The molecule has 1 saturated heterocycles. The van der Waals surface area contributed by atoms with Crippen molar-refractivity contribution in [2.45, 2.75) is 38.0 Å². The van der Waals surface area contributed by atoms with E-state index in [0.29, 0.717) is 18.9 Å². The molecular weight excluding hydrogens is 412 g/mol. The molecule has 2 atom stereocenters. The van der Waals surface area contributed by atoms with Crippen LogP contribution < -0.4 is 10.2 Å². The summed E-state index contributed by atoms with van der Waals surface area (Å²) >= 11 is 0. The second kappa shape index (κ2) is 7.62. The molecular formula is C24H23F2N5O. The third-order valence-corrected chi connectivity index (χ3v) is 6.61. The van der Waals surface area contributed by atoms with Crippen LogP contribution >= 0.6 is 0 Å². The maximum absolute atomic E-state index is 14.4.